The quantitative estimate of drug-likeness (QED) is 0.737. The summed E-state index contributed by atoms with van der Waals surface area (Å²) in [5.74, 6) is 1.71. The van der Waals surface area contributed by atoms with Gasteiger partial charge in [-0.25, -0.2) is 0 Å². The van der Waals surface area contributed by atoms with E-state index in [-0.39, 0.29) is 6.04 Å². The van der Waals surface area contributed by atoms with Crippen LogP contribution in [-0.4, -0.2) is 7.11 Å². The maximum absolute atomic E-state index is 6.31. The summed E-state index contributed by atoms with van der Waals surface area (Å²) >= 11 is 0. The van der Waals surface area contributed by atoms with Crippen LogP contribution in [0.1, 0.15) is 42.5 Å². The number of benzene rings is 1. The first kappa shape index (κ1) is 11.5. The lowest BCUT2D eigenvalue weighted by molar-refractivity contribution is 0.407. The Hall–Kier alpha value is -1.02. The predicted octanol–water partition coefficient (Wildman–Crippen LogP) is 2.98. The van der Waals surface area contributed by atoms with E-state index >= 15 is 0 Å². The molecule has 0 saturated heterocycles. The van der Waals surface area contributed by atoms with E-state index in [9.17, 15) is 0 Å². The minimum Gasteiger partial charge on any atom is -0.496 e. The average Bonchev–Trinajstić information content (AvgIpc) is 2.39. The molecule has 0 aromatic heterocycles. The van der Waals surface area contributed by atoms with Gasteiger partial charge in [-0.3, -0.25) is 0 Å². The summed E-state index contributed by atoms with van der Waals surface area (Å²) in [7, 11) is 1.74. The van der Waals surface area contributed by atoms with Crippen LogP contribution in [-0.2, 0) is 6.42 Å². The number of hydrogen-bond acceptors (Lipinski definition) is 2. The molecule has 0 aliphatic heterocycles. The largest absolute Gasteiger partial charge is 0.496 e. The minimum absolute atomic E-state index is 0.169. The smallest absolute Gasteiger partial charge is 0.122 e. The summed E-state index contributed by atoms with van der Waals surface area (Å²) < 4.78 is 5.45. The van der Waals surface area contributed by atoms with Gasteiger partial charge in [0.15, 0.2) is 0 Å². The van der Waals surface area contributed by atoms with Crippen LogP contribution in [0, 0.1) is 12.8 Å². The van der Waals surface area contributed by atoms with Crippen LogP contribution in [0.4, 0.5) is 0 Å². The van der Waals surface area contributed by atoms with E-state index in [2.05, 4.69) is 26.0 Å². The average molecular weight is 219 g/mol. The number of rotatable bonds is 1. The van der Waals surface area contributed by atoms with Crippen molar-refractivity contribution < 1.29 is 4.74 Å². The Bertz CT molecular complexity index is 387. The number of ether oxygens (including phenoxy) is 1. The van der Waals surface area contributed by atoms with E-state index < -0.39 is 0 Å². The molecule has 16 heavy (non-hydrogen) atoms. The molecule has 2 unspecified atom stereocenters. The van der Waals surface area contributed by atoms with Crippen molar-refractivity contribution in [3.63, 3.8) is 0 Å². The molecule has 1 aliphatic carbocycles. The van der Waals surface area contributed by atoms with Gasteiger partial charge in [0.1, 0.15) is 5.75 Å². The number of fused-ring (bicyclic) bond motifs is 1. The first-order valence-corrected chi connectivity index (χ1v) is 6.05. The van der Waals surface area contributed by atoms with Crippen molar-refractivity contribution in [1.29, 1.82) is 0 Å². The van der Waals surface area contributed by atoms with Crippen LogP contribution in [0.3, 0.4) is 0 Å². The molecular formula is C14H21NO. The highest BCUT2D eigenvalue weighted by Crippen LogP contribution is 2.36. The fourth-order valence-corrected chi connectivity index (χ4v) is 2.79. The van der Waals surface area contributed by atoms with Gasteiger partial charge in [-0.15, -0.1) is 0 Å². The maximum atomic E-state index is 6.31. The van der Waals surface area contributed by atoms with E-state index in [1.54, 1.807) is 7.11 Å². The standard InChI is InChI=1S/C14H21NO/c1-9-4-6-11-13(16-3)7-5-10(2)14(11)12(15)8-9/h5,7,9,12H,4,6,8,15H2,1-3H3. The van der Waals surface area contributed by atoms with Gasteiger partial charge < -0.3 is 10.5 Å². The monoisotopic (exact) mass is 219 g/mol. The van der Waals surface area contributed by atoms with E-state index in [0.717, 1.165) is 18.6 Å². The third-order valence-corrected chi connectivity index (χ3v) is 3.67. The normalized spacial score (nSPS) is 24.8. The number of nitrogens with two attached hydrogens (primary N) is 1. The van der Waals surface area contributed by atoms with Crippen LogP contribution in [0.15, 0.2) is 12.1 Å². The van der Waals surface area contributed by atoms with Crippen LogP contribution in [0.5, 0.6) is 5.75 Å². The summed E-state index contributed by atoms with van der Waals surface area (Å²) in [6.07, 6.45) is 3.39. The molecule has 1 aromatic rings. The second kappa shape index (κ2) is 4.46. The molecule has 0 heterocycles. The number of aryl methyl sites for hydroxylation is 1. The Morgan fingerprint density at radius 2 is 2.12 bits per heavy atom. The summed E-state index contributed by atoms with van der Waals surface area (Å²) in [6.45, 7) is 4.43. The van der Waals surface area contributed by atoms with Crippen molar-refractivity contribution in [1.82, 2.24) is 0 Å². The lowest BCUT2D eigenvalue weighted by Gasteiger charge is -2.18. The van der Waals surface area contributed by atoms with Crippen LogP contribution < -0.4 is 10.5 Å². The van der Waals surface area contributed by atoms with Crippen molar-refractivity contribution in [3.8, 4) is 5.75 Å². The molecule has 0 radical (unpaired) electrons. The molecule has 2 rings (SSSR count). The maximum Gasteiger partial charge on any atom is 0.122 e. The second-order valence-electron chi connectivity index (χ2n) is 4.96. The van der Waals surface area contributed by atoms with Gasteiger partial charge in [0, 0.05) is 6.04 Å². The topological polar surface area (TPSA) is 35.2 Å². The minimum atomic E-state index is 0.169. The van der Waals surface area contributed by atoms with Gasteiger partial charge in [-0.1, -0.05) is 13.0 Å². The van der Waals surface area contributed by atoms with Crippen molar-refractivity contribution >= 4 is 0 Å². The Kier molecular flexibility index (Phi) is 3.20. The Balaban J connectivity index is 2.52. The van der Waals surface area contributed by atoms with Crippen molar-refractivity contribution in [2.24, 2.45) is 11.7 Å². The SMILES string of the molecule is COc1ccc(C)c2c1CCC(C)CC2N. The lowest BCUT2D eigenvalue weighted by Crippen LogP contribution is -2.14. The summed E-state index contributed by atoms with van der Waals surface area (Å²) in [5.41, 5.74) is 10.3. The number of hydrogen-bond donors (Lipinski definition) is 1. The molecule has 0 amide bonds. The van der Waals surface area contributed by atoms with Gasteiger partial charge in [0.25, 0.3) is 0 Å². The molecule has 1 aliphatic rings. The molecule has 0 bridgehead atoms. The molecule has 2 heteroatoms. The second-order valence-corrected chi connectivity index (χ2v) is 4.96. The Labute approximate surface area is 97.8 Å². The number of methoxy groups -OCH3 is 1. The van der Waals surface area contributed by atoms with Gasteiger partial charge in [-0.05, 0) is 54.9 Å². The molecule has 0 fully saturated rings. The van der Waals surface area contributed by atoms with Crippen molar-refractivity contribution in [3.05, 3.63) is 28.8 Å². The van der Waals surface area contributed by atoms with Gasteiger partial charge in [0.05, 0.1) is 7.11 Å². The lowest BCUT2D eigenvalue weighted by atomic mass is 9.93. The first-order valence-electron chi connectivity index (χ1n) is 6.05. The molecular weight excluding hydrogens is 198 g/mol. The first-order chi connectivity index (χ1) is 7.63. The fraction of sp³-hybridized carbons (Fsp3) is 0.571. The van der Waals surface area contributed by atoms with E-state index in [1.807, 2.05) is 0 Å². The zero-order chi connectivity index (χ0) is 11.7. The summed E-state index contributed by atoms with van der Waals surface area (Å²) in [4.78, 5) is 0. The van der Waals surface area contributed by atoms with Crippen molar-refractivity contribution in [2.45, 2.75) is 39.2 Å². The highest BCUT2D eigenvalue weighted by atomic mass is 16.5. The highest BCUT2D eigenvalue weighted by molar-refractivity contribution is 5.47. The van der Waals surface area contributed by atoms with E-state index in [0.29, 0.717) is 5.92 Å². The predicted molar refractivity (Wildman–Crippen MR) is 66.8 cm³/mol. The summed E-state index contributed by atoms with van der Waals surface area (Å²) in [6, 6.07) is 4.35. The van der Waals surface area contributed by atoms with Crippen molar-refractivity contribution in [2.75, 3.05) is 7.11 Å². The Morgan fingerprint density at radius 3 is 2.81 bits per heavy atom. The van der Waals surface area contributed by atoms with E-state index in [1.165, 1.54) is 23.1 Å². The van der Waals surface area contributed by atoms with Gasteiger partial charge >= 0.3 is 0 Å². The third kappa shape index (κ3) is 1.94. The molecule has 1 aromatic carbocycles. The third-order valence-electron chi connectivity index (χ3n) is 3.67. The molecule has 2 N–H and O–H groups in total. The highest BCUT2D eigenvalue weighted by Gasteiger charge is 2.23. The van der Waals surface area contributed by atoms with Crippen LogP contribution >= 0.6 is 0 Å². The van der Waals surface area contributed by atoms with Crippen LogP contribution in [0.2, 0.25) is 0 Å². The molecule has 88 valence electrons. The zero-order valence-corrected chi connectivity index (χ0v) is 10.4. The van der Waals surface area contributed by atoms with Gasteiger partial charge in [-0.2, -0.15) is 0 Å². The summed E-state index contributed by atoms with van der Waals surface area (Å²) in [5, 5.41) is 0. The fourth-order valence-electron chi connectivity index (χ4n) is 2.79. The molecule has 2 atom stereocenters. The molecule has 0 saturated carbocycles. The van der Waals surface area contributed by atoms with Crippen LogP contribution in [0.25, 0.3) is 0 Å². The van der Waals surface area contributed by atoms with Gasteiger partial charge in [0.2, 0.25) is 0 Å². The zero-order valence-electron chi connectivity index (χ0n) is 10.4. The Morgan fingerprint density at radius 1 is 1.38 bits per heavy atom. The van der Waals surface area contributed by atoms with E-state index in [4.69, 9.17) is 10.5 Å². The molecule has 2 nitrogen and oxygen atoms in total. The molecule has 0 spiro atoms.